The number of nitrogens with two attached hydrogens (primary N) is 1. The van der Waals surface area contributed by atoms with Crippen molar-refractivity contribution in [1.82, 2.24) is 14.6 Å². The van der Waals surface area contributed by atoms with Gasteiger partial charge in [0, 0.05) is 24.1 Å². The van der Waals surface area contributed by atoms with Crippen LogP contribution in [0.25, 0.3) is 16.8 Å². The summed E-state index contributed by atoms with van der Waals surface area (Å²) in [5, 5.41) is 9.64. The van der Waals surface area contributed by atoms with E-state index < -0.39 is 5.54 Å². The molecule has 4 rings (SSSR count). The summed E-state index contributed by atoms with van der Waals surface area (Å²) in [6.07, 6.45) is 4.80. The van der Waals surface area contributed by atoms with E-state index >= 15 is 0 Å². The van der Waals surface area contributed by atoms with E-state index in [0.29, 0.717) is 11.4 Å². The molecule has 0 saturated heterocycles. The maximum Gasteiger partial charge on any atom is 0.168 e. The predicted octanol–water partition coefficient (Wildman–Crippen LogP) is 5.85. The van der Waals surface area contributed by atoms with Crippen molar-refractivity contribution in [2.24, 2.45) is 5.73 Å². The van der Waals surface area contributed by atoms with Crippen LogP contribution in [0, 0.1) is 0 Å². The Morgan fingerprint density at radius 2 is 1.73 bits per heavy atom. The smallest absolute Gasteiger partial charge is 0.168 e. The van der Waals surface area contributed by atoms with Gasteiger partial charge < -0.3 is 5.73 Å². The number of aryl methyl sites for hydroxylation is 1. The van der Waals surface area contributed by atoms with Gasteiger partial charge >= 0.3 is 0 Å². The van der Waals surface area contributed by atoms with Gasteiger partial charge in [-0.2, -0.15) is 0 Å². The van der Waals surface area contributed by atoms with E-state index in [-0.39, 0.29) is 11.7 Å². The molecule has 0 spiro atoms. The molecule has 1 atom stereocenters. The first-order valence-electron chi connectivity index (χ1n) is 11.3. The molecule has 0 bridgehead atoms. The van der Waals surface area contributed by atoms with E-state index in [1.165, 1.54) is 5.56 Å². The largest absolute Gasteiger partial charge is 0.319 e. The Morgan fingerprint density at radius 1 is 1.06 bits per heavy atom. The Bertz CT molecular complexity index is 1230. The van der Waals surface area contributed by atoms with E-state index in [4.69, 9.17) is 17.3 Å². The SMILES string of the molecule is CC(C)(N)C(=O)C[C@H](CCCc1ccccc1)c1nnc2c(-c3ccccc3)cc(Cl)cn12. The number of pyridine rings is 1. The lowest BCUT2D eigenvalue weighted by Gasteiger charge is -2.21. The summed E-state index contributed by atoms with van der Waals surface area (Å²) in [7, 11) is 0. The molecule has 0 radical (unpaired) electrons. The molecule has 170 valence electrons. The molecule has 2 N–H and O–H groups in total. The lowest BCUT2D eigenvalue weighted by atomic mass is 9.88. The molecule has 4 aromatic rings. The van der Waals surface area contributed by atoms with Gasteiger partial charge in [-0.25, -0.2) is 0 Å². The number of benzene rings is 2. The standard InChI is InChI=1S/C27H29ClN4O/c1-27(2,29)24(33)16-21(15-9-12-19-10-5-3-6-11-19)25-30-31-26-23(17-22(28)18-32(25)26)20-13-7-4-8-14-20/h3-8,10-11,13-14,17-18,21H,9,12,15-16,29H2,1-2H3/t21-/m0/s1. The number of hydrogen-bond donors (Lipinski definition) is 1. The highest BCUT2D eigenvalue weighted by molar-refractivity contribution is 6.30. The van der Waals surface area contributed by atoms with Crippen LogP contribution in [0.2, 0.25) is 5.02 Å². The number of ketones is 1. The van der Waals surface area contributed by atoms with Crippen LogP contribution >= 0.6 is 11.6 Å². The highest BCUT2D eigenvalue weighted by Crippen LogP contribution is 2.32. The fourth-order valence-electron chi connectivity index (χ4n) is 4.09. The number of halogens is 1. The number of fused-ring (bicyclic) bond motifs is 1. The fraction of sp³-hybridized carbons (Fsp3) is 0.296. The molecule has 2 aromatic heterocycles. The average molecular weight is 461 g/mol. The predicted molar refractivity (Wildman–Crippen MR) is 133 cm³/mol. The first-order chi connectivity index (χ1) is 15.8. The first-order valence-corrected chi connectivity index (χ1v) is 11.7. The van der Waals surface area contributed by atoms with Gasteiger partial charge in [-0.05, 0) is 50.3 Å². The molecule has 0 aliphatic carbocycles. The minimum atomic E-state index is -0.898. The van der Waals surface area contributed by atoms with Crippen molar-refractivity contribution in [3.63, 3.8) is 0 Å². The number of rotatable bonds is 9. The lowest BCUT2D eigenvalue weighted by molar-refractivity contribution is -0.123. The molecule has 0 amide bonds. The number of Topliss-reactive ketones (excluding diaryl/α,β-unsaturated/α-hetero) is 1. The summed E-state index contributed by atoms with van der Waals surface area (Å²) >= 11 is 6.51. The van der Waals surface area contributed by atoms with Gasteiger partial charge in [0.1, 0.15) is 5.82 Å². The van der Waals surface area contributed by atoms with E-state index in [9.17, 15) is 4.79 Å². The van der Waals surface area contributed by atoms with E-state index in [0.717, 1.165) is 41.9 Å². The monoisotopic (exact) mass is 460 g/mol. The number of carbonyl (C=O) groups excluding carboxylic acids is 1. The van der Waals surface area contributed by atoms with Crippen LogP contribution in [0.5, 0.6) is 0 Å². The van der Waals surface area contributed by atoms with Gasteiger partial charge in [0.15, 0.2) is 11.4 Å². The molecule has 6 heteroatoms. The van der Waals surface area contributed by atoms with Crippen molar-refractivity contribution in [3.05, 3.63) is 89.3 Å². The molecule has 0 aliphatic rings. The van der Waals surface area contributed by atoms with Crippen LogP contribution in [0.1, 0.15) is 50.4 Å². The Kier molecular flexibility index (Phi) is 6.91. The van der Waals surface area contributed by atoms with Crippen molar-refractivity contribution in [2.45, 2.75) is 51.0 Å². The second-order valence-electron chi connectivity index (χ2n) is 9.11. The zero-order valence-electron chi connectivity index (χ0n) is 19.0. The van der Waals surface area contributed by atoms with Crippen LogP contribution < -0.4 is 5.73 Å². The van der Waals surface area contributed by atoms with E-state index in [2.05, 4.69) is 22.3 Å². The Labute approximate surface area is 199 Å². The van der Waals surface area contributed by atoms with Crippen molar-refractivity contribution < 1.29 is 4.79 Å². The van der Waals surface area contributed by atoms with Crippen LogP contribution in [0.15, 0.2) is 72.9 Å². The molecule has 5 nitrogen and oxygen atoms in total. The van der Waals surface area contributed by atoms with Gasteiger partial charge in [-0.3, -0.25) is 9.20 Å². The van der Waals surface area contributed by atoms with Crippen LogP contribution in [0.4, 0.5) is 0 Å². The Morgan fingerprint density at radius 3 is 2.39 bits per heavy atom. The molecule has 0 saturated carbocycles. The fourth-order valence-corrected chi connectivity index (χ4v) is 4.30. The summed E-state index contributed by atoms with van der Waals surface area (Å²) < 4.78 is 1.94. The van der Waals surface area contributed by atoms with E-state index in [1.807, 2.05) is 65.2 Å². The lowest BCUT2D eigenvalue weighted by Crippen LogP contribution is -2.42. The second-order valence-corrected chi connectivity index (χ2v) is 9.55. The average Bonchev–Trinajstić information content (AvgIpc) is 3.22. The molecular formula is C27H29ClN4O. The summed E-state index contributed by atoms with van der Waals surface area (Å²) in [5.74, 6) is 0.644. The number of hydrogen-bond acceptors (Lipinski definition) is 4. The minimum absolute atomic E-state index is 0.00859. The summed E-state index contributed by atoms with van der Waals surface area (Å²) in [4.78, 5) is 12.9. The van der Waals surface area contributed by atoms with Crippen LogP contribution in [0.3, 0.4) is 0 Å². The minimum Gasteiger partial charge on any atom is -0.319 e. The summed E-state index contributed by atoms with van der Waals surface area (Å²) in [6.45, 7) is 3.51. The van der Waals surface area contributed by atoms with Gasteiger partial charge in [0.25, 0.3) is 0 Å². The molecule has 2 aromatic carbocycles. The molecule has 33 heavy (non-hydrogen) atoms. The zero-order chi connectivity index (χ0) is 23.4. The maximum atomic E-state index is 12.9. The van der Waals surface area contributed by atoms with Gasteiger partial charge in [-0.1, -0.05) is 72.3 Å². The molecule has 0 aliphatic heterocycles. The summed E-state index contributed by atoms with van der Waals surface area (Å²) in [6, 6.07) is 22.3. The van der Waals surface area contributed by atoms with Gasteiger partial charge in [0.2, 0.25) is 0 Å². The number of carbonyl (C=O) groups is 1. The van der Waals surface area contributed by atoms with Crippen molar-refractivity contribution in [3.8, 4) is 11.1 Å². The topological polar surface area (TPSA) is 73.3 Å². The third-order valence-corrected chi connectivity index (χ3v) is 6.17. The number of aromatic nitrogens is 3. The normalized spacial score (nSPS) is 12.7. The zero-order valence-corrected chi connectivity index (χ0v) is 19.8. The first kappa shape index (κ1) is 23.1. The number of nitrogens with zero attached hydrogens (tertiary/aromatic N) is 3. The third-order valence-electron chi connectivity index (χ3n) is 5.96. The van der Waals surface area contributed by atoms with Crippen molar-refractivity contribution in [1.29, 1.82) is 0 Å². The van der Waals surface area contributed by atoms with Crippen LogP contribution in [-0.4, -0.2) is 25.9 Å². The second kappa shape index (κ2) is 9.86. The highest BCUT2D eigenvalue weighted by atomic mass is 35.5. The molecule has 0 unspecified atom stereocenters. The van der Waals surface area contributed by atoms with Crippen molar-refractivity contribution >= 4 is 23.0 Å². The van der Waals surface area contributed by atoms with Crippen LogP contribution in [-0.2, 0) is 11.2 Å². The highest BCUT2D eigenvalue weighted by Gasteiger charge is 2.28. The maximum absolute atomic E-state index is 12.9. The summed E-state index contributed by atoms with van der Waals surface area (Å²) in [5.41, 5.74) is 9.17. The van der Waals surface area contributed by atoms with E-state index in [1.54, 1.807) is 13.8 Å². The van der Waals surface area contributed by atoms with Gasteiger partial charge in [0.05, 0.1) is 10.6 Å². The Hall–Kier alpha value is -3.02. The van der Waals surface area contributed by atoms with Gasteiger partial charge in [-0.15, -0.1) is 10.2 Å². The molecular weight excluding hydrogens is 432 g/mol. The van der Waals surface area contributed by atoms with Crippen molar-refractivity contribution in [2.75, 3.05) is 0 Å². The molecule has 0 fully saturated rings. The Balaban J connectivity index is 1.69. The molecule has 2 heterocycles. The third kappa shape index (κ3) is 5.49. The quantitative estimate of drug-likeness (QED) is 0.340.